The first-order valence-electron chi connectivity index (χ1n) is 6.18. The van der Waals surface area contributed by atoms with Crippen molar-refractivity contribution in [3.05, 3.63) is 0 Å². The molecule has 0 bridgehead atoms. The highest BCUT2D eigenvalue weighted by Gasteiger charge is 2.26. The van der Waals surface area contributed by atoms with Gasteiger partial charge in [0.25, 0.3) is 0 Å². The standard InChI is InChI=1S/C11H23NO3S/c1-2-11(9-10-5-6-10)12-16(14,15)8-4-3-7-13/h10-13H,2-9H2,1H3. The predicted molar refractivity (Wildman–Crippen MR) is 64.7 cm³/mol. The molecule has 1 unspecified atom stereocenters. The van der Waals surface area contributed by atoms with E-state index in [0.29, 0.717) is 12.8 Å². The minimum Gasteiger partial charge on any atom is -0.396 e. The second-order valence-electron chi connectivity index (χ2n) is 4.65. The maximum absolute atomic E-state index is 11.7. The zero-order valence-corrected chi connectivity index (χ0v) is 10.8. The average Bonchev–Trinajstić information content (AvgIpc) is 3.00. The van der Waals surface area contributed by atoms with Crippen LogP contribution in [-0.2, 0) is 10.0 Å². The van der Waals surface area contributed by atoms with Crippen molar-refractivity contribution in [2.24, 2.45) is 5.92 Å². The summed E-state index contributed by atoms with van der Waals surface area (Å²) in [4.78, 5) is 0. The highest BCUT2D eigenvalue weighted by Crippen LogP contribution is 2.34. The van der Waals surface area contributed by atoms with E-state index in [9.17, 15) is 8.42 Å². The summed E-state index contributed by atoms with van der Waals surface area (Å²) in [6.45, 7) is 2.08. The molecule has 1 rings (SSSR count). The van der Waals surface area contributed by atoms with Gasteiger partial charge in [-0.15, -0.1) is 0 Å². The largest absolute Gasteiger partial charge is 0.396 e. The van der Waals surface area contributed by atoms with Crippen molar-refractivity contribution >= 4 is 10.0 Å². The molecular formula is C11H23NO3S. The van der Waals surface area contributed by atoms with Crippen molar-refractivity contribution in [2.75, 3.05) is 12.4 Å². The third-order valence-electron chi connectivity index (χ3n) is 2.97. The van der Waals surface area contributed by atoms with E-state index in [1.165, 1.54) is 12.8 Å². The number of unbranched alkanes of at least 4 members (excludes halogenated alkanes) is 1. The van der Waals surface area contributed by atoms with Crippen molar-refractivity contribution in [2.45, 2.75) is 51.5 Å². The Balaban J connectivity index is 2.29. The fourth-order valence-electron chi connectivity index (χ4n) is 1.77. The Morgan fingerprint density at radius 2 is 2.06 bits per heavy atom. The van der Waals surface area contributed by atoms with Gasteiger partial charge >= 0.3 is 0 Å². The molecule has 0 radical (unpaired) electrons. The fourth-order valence-corrected chi connectivity index (χ4v) is 3.24. The summed E-state index contributed by atoms with van der Waals surface area (Å²) in [5.41, 5.74) is 0. The fraction of sp³-hybridized carbons (Fsp3) is 1.00. The minimum absolute atomic E-state index is 0.0643. The van der Waals surface area contributed by atoms with Gasteiger partial charge in [0.15, 0.2) is 0 Å². The molecule has 0 aromatic rings. The van der Waals surface area contributed by atoms with Crippen LogP contribution in [0.25, 0.3) is 0 Å². The zero-order chi connectivity index (χ0) is 12.0. The van der Waals surface area contributed by atoms with Gasteiger partial charge < -0.3 is 5.11 Å². The van der Waals surface area contributed by atoms with Crippen molar-refractivity contribution in [3.63, 3.8) is 0 Å². The Bertz CT molecular complexity index is 286. The molecule has 0 aromatic heterocycles. The van der Waals surface area contributed by atoms with Crippen LogP contribution in [0, 0.1) is 5.92 Å². The molecule has 0 heterocycles. The first-order valence-corrected chi connectivity index (χ1v) is 7.83. The molecule has 0 spiro atoms. The number of hydrogen-bond acceptors (Lipinski definition) is 3. The van der Waals surface area contributed by atoms with Gasteiger partial charge in [-0.1, -0.05) is 19.8 Å². The lowest BCUT2D eigenvalue weighted by Gasteiger charge is -2.16. The summed E-state index contributed by atoms with van der Waals surface area (Å²) in [7, 11) is -3.14. The zero-order valence-electron chi connectivity index (χ0n) is 9.98. The van der Waals surface area contributed by atoms with Crippen LogP contribution in [0.5, 0.6) is 0 Å². The third kappa shape index (κ3) is 5.82. The van der Waals surface area contributed by atoms with Crippen LogP contribution in [-0.4, -0.2) is 31.9 Å². The third-order valence-corrected chi connectivity index (χ3v) is 4.49. The molecule has 1 fully saturated rings. The molecule has 0 saturated heterocycles. The summed E-state index contributed by atoms with van der Waals surface area (Å²) in [5.74, 6) is 0.874. The maximum atomic E-state index is 11.7. The van der Waals surface area contributed by atoms with Gasteiger partial charge in [-0.2, -0.15) is 0 Å². The predicted octanol–water partition coefficient (Wildman–Crippen LogP) is 1.26. The van der Waals surface area contributed by atoms with Crippen LogP contribution < -0.4 is 4.72 Å². The Kier molecular flexibility index (Phi) is 5.72. The Morgan fingerprint density at radius 3 is 2.56 bits per heavy atom. The Morgan fingerprint density at radius 1 is 1.38 bits per heavy atom. The maximum Gasteiger partial charge on any atom is 0.211 e. The molecule has 0 aromatic carbocycles. The molecule has 5 heteroatoms. The molecule has 1 aliphatic carbocycles. The highest BCUT2D eigenvalue weighted by molar-refractivity contribution is 7.89. The van der Waals surface area contributed by atoms with Gasteiger partial charge in [-0.25, -0.2) is 13.1 Å². The van der Waals surface area contributed by atoms with Crippen molar-refractivity contribution < 1.29 is 13.5 Å². The smallest absolute Gasteiger partial charge is 0.211 e. The molecule has 96 valence electrons. The van der Waals surface area contributed by atoms with Crippen LogP contribution in [0.15, 0.2) is 0 Å². The van der Waals surface area contributed by atoms with E-state index in [2.05, 4.69) is 4.72 Å². The van der Waals surface area contributed by atoms with Gasteiger partial charge in [0, 0.05) is 12.6 Å². The molecule has 1 aliphatic rings. The van der Waals surface area contributed by atoms with Crippen LogP contribution in [0.2, 0.25) is 0 Å². The SMILES string of the molecule is CCC(CC1CC1)NS(=O)(=O)CCCCO. The summed E-state index contributed by atoms with van der Waals surface area (Å²) in [5, 5.41) is 8.60. The highest BCUT2D eigenvalue weighted by atomic mass is 32.2. The van der Waals surface area contributed by atoms with E-state index >= 15 is 0 Å². The minimum atomic E-state index is -3.14. The van der Waals surface area contributed by atoms with Crippen LogP contribution in [0.3, 0.4) is 0 Å². The van der Waals surface area contributed by atoms with Gasteiger partial charge in [0.2, 0.25) is 10.0 Å². The summed E-state index contributed by atoms with van der Waals surface area (Å²) >= 11 is 0. The first kappa shape index (κ1) is 13.9. The summed E-state index contributed by atoms with van der Waals surface area (Å²) < 4.78 is 26.1. The lowest BCUT2D eigenvalue weighted by atomic mass is 10.1. The molecule has 1 saturated carbocycles. The Labute approximate surface area is 98.5 Å². The molecule has 16 heavy (non-hydrogen) atoms. The number of aliphatic hydroxyl groups excluding tert-OH is 1. The van der Waals surface area contributed by atoms with Gasteiger partial charge in [0.05, 0.1) is 5.75 Å². The van der Waals surface area contributed by atoms with Gasteiger partial charge in [-0.3, -0.25) is 0 Å². The van der Waals surface area contributed by atoms with Crippen molar-refractivity contribution in [1.82, 2.24) is 4.72 Å². The normalized spacial score (nSPS) is 18.6. The molecule has 0 amide bonds. The topological polar surface area (TPSA) is 66.4 Å². The van der Waals surface area contributed by atoms with E-state index in [-0.39, 0.29) is 18.4 Å². The lowest BCUT2D eigenvalue weighted by molar-refractivity contribution is 0.287. The van der Waals surface area contributed by atoms with Gasteiger partial charge in [-0.05, 0) is 31.6 Å². The van der Waals surface area contributed by atoms with Crippen LogP contribution in [0.1, 0.15) is 45.4 Å². The quantitative estimate of drug-likeness (QED) is 0.605. The van der Waals surface area contributed by atoms with Gasteiger partial charge in [0.1, 0.15) is 0 Å². The van der Waals surface area contributed by atoms with E-state index in [4.69, 9.17) is 5.11 Å². The number of aliphatic hydroxyl groups is 1. The molecular weight excluding hydrogens is 226 g/mol. The summed E-state index contributed by atoms with van der Waals surface area (Å²) in [6, 6.07) is 0.103. The second kappa shape index (κ2) is 6.57. The lowest BCUT2D eigenvalue weighted by Crippen LogP contribution is -2.36. The van der Waals surface area contributed by atoms with Crippen LogP contribution >= 0.6 is 0 Å². The van der Waals surface area contributed by atoms with Crippen LogP contribution in [0.4, 0.5) is 0 Å². The van der Waals surface area contributed by atoms with Crippen molar-refractivity contribution in [1.29, 1.82) is 0 Å². The van der Waals surface area contributed by atoms with E-state index in [1.54, 1.807) is 0 Å². The number of rotatable bonds is 9. The number of nitrogens with one attached hydrogen (secondary N) is 1. The van der Waals surface area contributed by atoms with E-state index in [1.807, 2.05) is 6.92 Å². The Hall–Kier alpha value is -0.130. The average molecular weight is 249 g/mol. The second-order valence-corrected chi connectivity index (χ2v) is 6.53. The molecule has 0 aliphatic heterocycles. The molecule has 1 atom stereocenters. The first-order chi connectivity index (χ1) is 7.57. The van der Waals surface area contributed by atoms with Crippen molar-refractivity contribution in [3.8, 4) is 0 Å². The monoisotopic (exact) mass is 249 g/mol. The molecule has 4 nitrogen and oxygen atoms in total. The summed E-state index contributed by atoms with van der Waals surface area (Å²) in [6.07, 6.45) is 5.43. The van der Waals surface area contributed by atoms with E-state index in [0.717, 1.165) is 18.8 Å². The van der Waals surface area contributed by atoms with E-state index < -0.39 is 10.0 Å². The number of hydrogen-bond donors (Lipinski definition) is 2. The number of sulfonamides is 1. The molecule has 2 N–H and O–H groups in total.